The summed E-state index contributed by atoms with van der Waals surface area (Å²) in [6, 6.07) is 3.16. The molecule has 1 unspecified atom stereocenters. The molecule has 1 aliphatic rings. The third-order valence-electron chi connectivity index (χ3n) is 5.59. The summed E-state index contributed by atoms with van der Waals surface area (Å²) in [5, 5.41) is 1.22. The van der Waals surface area contributed by atoms with E-state index in [4.69, 9.17) is 21.2 Å². The van der Waals surface area contributed by atoms with Crippen LogP contribution >= 0.6 is 11.6 Å². The van der Waals surface area contributed by atoms with Crippen LogP contribution in [0.3, 0.4) is 0 Å². The van der Waals surface area contributed by atoms with Crippen molar-refractivity contribution in [1.82, 2.24) is 9.88 Å². The van der Waals surface area contributed by atoms with Crippen molar-refractivity contribution in [3.63, 3.8) is 0 Å². The molecule has 1 aromatic heterocycles. The first-order valence-corrected chi connectivity index (χ1v) is 11.8. The highest BCUT2D eigenvalue weighted by atomic mass is 35.5. The van der Waals surface area contributed by atoms with Crippen LogP contribution in [0.5, 0.6) is 0 Å². The molecule has 2 heterocycles. The van der Waals surface area contributed by atoms with Crippen molar-refractivity contribution in [2.45, 2.75) is 64.7 Å². The van der Waals surface area contributed by atoms with Crippen molar-refractivity contribution in [3.05, 3.63) is 57.9 Å². The fraction of sp³-hybridized carbons (Fsp3) is 0.458. The molecule has 2 aromatic rings. The SMILES string of the molecule is CC(=O)N(Cc1cc(C(F)(F)F)cc(C(F)(F)F)c1)C1CCCN(OC(=O)OC(C)C)c2ccc(Cl)nc21. The first-order chi connectivity index (χ1) is 17.6. The van der Waals surface area contributed by atoms with Gasteiger partial charge in [-0.1, -0.05) is 11.6 Å². The number of hydrogen-bond acceptors (Lipinski definition) is 6. The molecule has 7 nitrogen and oxygen atoms in total. The average molecular weight is 568 g/mol. The topological polar surface area (TPSA) is 72.0 Å². The Morgan fingerprint density at radius 3 is 2.24 bits per heavy atom. The maximum Gasteiger partial charge on any atom is 0.533 e. The molecule has 1 aliphatic heterocycles. The predicted molar refractivity (Wildman–Crippen MR) is 124 cm³/mol. The molecule has 0 saturated heterocycles. The monoisotopic (exact) mass is 567 g/mol. The quantitative estimate of drug-likeness (QED) is 0.221. The molecule has 0 fully saturated rings. The standard InChI is InChI=1S/C24H24ClF6N3O4/c1-13(2)37-22(36)38-34-8-4-5-18(21-19(34)6-7-20(25)32-21)33(14(3)35)12-15-9-16(23(26,27)28)11-17(10-15)24(29,30)31/h6-7,9-11,13,18H,4-5,8,12H2,1-3H3. The number of alkyl halides is 6. The minimum atomic E-state index is -5.04. The molecule has 1 atom stereocenters. The van der Waals surface area contributed by atoms with Gasteiger partial charge in [0.15, 0.2) is 0 Å². The summed E-state index contributed by atoms with van der Waals surface area (Å²) in [4.78, 5) is 35.5. The normalized spacial score (nSPS) is 16.1. The molecular formula is C24H24ClF6N3O4. The second-order valence-corrected chi connectivity index (χ2v) is 9.25. The Hall–Kier alpha value is -3.22. The zero-order valence-corrected chi connectivity index (χ0v) is 21.2. The highest BCUT2D eigenvalue weighted by molar-refractivity contribution is 6.29. The Bertz CT molecular complexity index is 1160. The molecular weight excluding hydrogens is 544 g/mol. The average Bonchev–Trinajstić information content (AvgIpc) is 2.94. The van der Waals surface area contributed by atoms with Gasteiger partial charge in [0, 0.05) is 13.5 Å². The van der Waals surface area contributed by atoms with Gasteiger partial charge in [0.25, 0.3) is 0 Å². The predicted octanol–water partition coefficient (Wildman–Crippen LogP) is 6.94. The summed E-state index contributed by atoms with van der Waals surface area (Å²) in [5.74, 6) is -0.623. The lowest BCUT2D eigenvalue weighted by Crippen LogP contribution is -2.34. The molecule has 0 N–H and O–H groups in total. The number of pyridine rings is 1. The van der Waals surface area contributed by atoms with Gasteiger partial charge in [0.05, 0.1) is 41.2 Å². The number of ether oxygens (including phenoxy) is 1. The molecule has 1 aromatic carbocycles. The number of carbonyl (C=O) groups excluding carboxylic acids is 2. The molecule has 0 radical (unpaired) electrons. The molecule has 0 bridgehead atoms. The van der Waals surface area contributed by atoms with Gasteiger partial charge >= 0.3 is 18.5 Å². The molecule has 0 aliphatic carbocycles. The molecule has 14 heteroatoms. The second kappa shape index (κ2) is 11.3. The number of fused-ring (bicyclic) bond motifs is 1. The van der Waals surface area contributed by atoms with Gasteiger partial charge in [-0.2, -0.15) is 26.3 Å². The Kier molecular flexibility index (Phi) is 8.69. The molecule has 1 amide bonds. The fourth-order valence-electron chi connectivity index (χ4n) is 4.03. The third-order valence-corrected chi connectivity index (χ3v) is 5.80. The summed E-state index contributed by atoms with van der Waals surface area (Å²) in [5.41, 5.74) is -2.95. The van der Waals surface area contributed by atoms with Crippen molar-refractivity contribution < 1.29 is 45.5 Å². The van der Waals surface area contributed by atoms with Gasteiger partial charge < -0.3 is 14.5 Å². The van der Waals surface area contributed by atoms with Crippen molar-refractivity contribution in [3.8, 4) is 0 Å². The van der Waals surface area contributed by atoms with E-state index in [9.17, 15) is 35.9 Å². The Labute approximate surface area is 219 Å². The van der Waals surface area contributed by atoms with Crippen LogP contribution < -0.4 is 5.06 Å². The van der Waals surface area contributed by atoms with Crippen molar-refractivity contribution in [1.29, 1.82) is 0 Å². The minimum absolute atomic E-state index is 0.0160. The smallest absolute Gasteiger partial charge is 0.430 e. The lowest BCUT2D eigenvalue weighted by molar-refractivity contribution is -0.143. The van der Waals surface area contributed by atoms with Crippen LogP contribution in [0, 0.1) is 0 Å². The van der Waals surface area contributed by atoms with E-state index < -0.39 is 54.2 Å². The molecule has 208 valence electrons. The first kappa shape index (κ1) is 29.3. The van der Waals surface area contributed by atoms with Gasteiger partial charge in [-0.15, -0.1) is 0 Å². The summed E-state index contributed by atoms with van der Waals surface area (Å²) < 4.78 is 85.3. The van der Waals surface area contributed by atoms with Crippen LogP contribution in [0.2, 0.25) is 5.15 Å². The number of hydroxylamine groups is 1. The largest absolute Gasteiger partial charge is 0.533 e. The van der Waals surface area contributed by atoms with Gasteiger partial charge in [-0.3, -0.25) is 4.79 Å². The van der Waals surface area contributed by atoms with Crippen LogP contribution in [0.4, 0.5) is 36.8 Å². The lowest BCUT2D eigenvalue weighted by atomic mass is 10.0. The number of hydrogen-bond donors (Lipinski definition) is 0. The van der Waals surface area contributed by atoms with Gasteiger partial charge in [-0.05, 0) is 62.6 Å². The fourth-order valence-corrected chi connectivity index (χ4v) is 4.19. The molecule has 3 rings (SSSR count). The minimum Gasteiger partial charge on any atom is -0.430 e. The van der Waals surface area contributed by atoms with E-state index >= 15 is 0 Å². The summed E-state index contributed by atoms with van der Waals surface area (Å²) in [6.45, 7) is 3.96. The Balaban J connectivity index is 2.04. The Morgan fingerprint density at radius 1 is 1.11 bits per heavy atom. The third kappa shape index (κ3) is 7.21. The number of nitrogens with zero attached hydrogens (tertiary/aromatic N) is 3. The highest BCUT2D eigenvalue weighted by Gasteiger charge is 2.38. The maximum absolute atomic E-state index is 13.4. The van der Waals surface area contributed by atoms with E-state index in [1.807, 2.05) is 0 Å². The highest BCUT2D eigenvalue weighted by Crippen LogP contribution is 2.40. The van der Waals surface area contributed by atoms with Crippen LogP contribution in [0.25, 0.3) is 0 Å². The summed E-state index contributed by atoms with van der Waals surface area (Å²) in [7, 11) is 0. The van der Waals surface area contributed by atoms with Gasteiger partial charge in [-0.25, -0.2) is 14.8 Å². The van der Waals surface area contributed by atoms with Crippen LogP contribution in [0.15, 0.2) is 30.3 Å². The molecule has 38 heavy (non-hydrogen) atoms. The zero-order chi connectivity index (χ0) is 28.4. The molecule has 0 saturated carbocycles. The van der Waals surface area contributed by atoms with Crippen molar-refractivity contribution in [2.24, 2.45) is 0 Å². The van der Waals surface area contributed by atoms with Crippen LogP contribution in [-0.4, -0.2) is 34.6 Å². The number of rotatable bonds is 5. The van der Waals surface area contributed by atoms with E-state index in [2.05, 4.69) is 4.98 Å². The van der Waals surface area contributed by atoms with E-state index in [0.717, 1.165) is 11.8 Å². The van der Waals surface area contributed by atoms with Crippen LogP contribution in [0.1, 0.15) is 62.0 Å². The second-order valence-electron chi connectivity index (χ2n) is 8.87. The number of benzene rings is 1. The molecule has 0 spiro atoms. The van der Waals surface area contributed by atoms with E-state index in [0.29, 0.717) is 18.6 Å². The number of carbonyl (C=O) groups is 2. The number of halogens is 7. The maximum atomic E-state index is 13.4. The van der Waals surface area contributed by atoms with Crippen molar-refractivity contribution >= 4 is 29.4 Å². The van der Waals surface area contributed by atoms with Crippen LogP contribution in [-0.2, 0) is 33.3 Å². The van der Waals surface area contributed by atoms with E-state index in [1.54, 1.807) is 13.8 Å². The van der Waals surface area contributed by atoms with Gasteiger partial charge in [0.1, 0.15) is 5.15 Å². The lowest BCUT2D eigenvalue weighted by Gasteiger charge is -2.31. The first-order valence-electron chi connectivity index (χ1n) is 11.4. The van der Waals surface area contributed by atoms with E-state index in [-0.39, 0.29) is 41.1 Å². The number of aromatic nitrogens is 1. The zero-order valence-electron chi connectivity index (χ0n) is 20.5. The van der Waals surface area contributed by atoms with Gasteiger partial charge in [0.2, 0.25) is 5.91 Å². The van der Waals surface area contributed by atoms with Crippen molar-refractivity contribution in [2.75, 3.05) is 11.6 Å². The number of anilines is 1. The van der Waals surface area contributed by atoms with E-state index in [1.165, 1.54) is 17.2 Å². The summed E-state index contributed by atoms with van der Waals surface area (Å²) >= 11 is 6.09. The Morgan fingerprint density at radius 2 is 1.71 bits per heavy atom. The number of amides is 1. The summed E-state index contributed by atoms with van der Waals surface area (Å²) in [6.07, 6.45) is -11.0.